The smallest absolute Gasteiger partial charge is 0.419 e. The van der Waals surface area contributed by atoms with E-state index in [9.17, 15) is 13.2 Å². The average molecular weight is 219 g/mol. The average Bonchev–Trinajstić information content (AvgIpc) is 2.15. The lowest BCUT2D eigenvalue weighted by Gasteiger charge is -2.14. The van der Waals surface area contributed by atoms with Crippen LogP contribution in [-0.2, 0) is 6.18 Å². The van der Waals surface area contributed by atoms with E-state index in [0.29, 0.717) is 5.56 Å². The molecule has 1 rings (SSSR count). The lowest BCUT2D eigenvalue weighted by molar-refractivity contribution is -0.138. The largest absolute Gasteiger partial charge is 0.496 e. The standard InChI is InChI=1S/C10H12F3NO/c1-6(14)7-3-4-8(10(11,12)13)9(5-7)15-2/h3-6H,14H2,1-2H3. The van der Waals surface area contributed by atoms with Gasteiger partial charge in [0.25, 0.3) is 0 Å². The Morgan fingerprint density at radius 3 is 2.33 bits per heavy atom. The number of hydrogen-bond donors (Lipinski definition) is 1. The van der Waals surface area contributed by atoms with E-state index in [1.807, 2.05) is 0 Å². The summed E-state index contributed by atoms with van der Waals surface area (Å²) >= 11 is 0. The number of nitrogens with two attached hydrogens (primary N) is 1. The second-order valence-electron chi connectivity index (χ2n) is 3.25. The second-order valence-corrected chi connectivity index (χ2v) is 3.25. The maximum absolute atomic E-state index is 12.5. The molecule has 1 unspecified atom stereocenters. The molecule has 0 heterocycles. The number of hydrogen-bond acceptors (Lipinski definition) is 2. The van der Waals surface area contributed by atoms with E-state index >= 15 is 0 Å². The Morgan fingerprint density at radius 2 is 1.93 bits per heavy atom. The highest BCUT2D eigenvalue weighted by Crippen LogP contribution is 2.37. The fraction of sp³-hybridized carbons (Fsp3) is 0.400. The molecule has 1 aromatic carbocycles. The van der Waals surface area contributed by atoms with Gasteiger partial charge in [0, 0.05) is 6.04 Å². The molecule has 0 bridgehead atoms. The lowest BCUT2D eigenvalue weighted by Crippen LogP contribution is -2.10. The molecule has 5 heteroatoms. The van der Waals surface area contributed by atoms with Crippen LogP contribution in [0.3, 0.4) is 0 Å². The Kier molecular flexibility index (Phi) is 3.24. The Morgan fingerprint density at radius 1 is 1.33 bits per heavy atom. The van der Waals surface area contributed by atoms with Crippen LogP contribution in [0.25, 0.3) is 0 Å². The molecule has 0 aliphatic carbocycles. The highest BCUT2D eigenvalue weighted by Gasteiger charge is 2.34. The molecule has 0 fully saturated rings. The molecule has 84 valence electrons. The maximum atomic E-state index is 12.5. The molecule has 15 heavy (non-hydrogen) atoms. The van der Waals surface area contributed by atoms with Crippen LogP contribution < -0.4 is 10.5 Å². The highest BCUT2D eigenvalue weighted by atomic mass is 19.4. The van der Waals surface area contributed by atoms with Gasteiger partial charge in [-0.3, -0.25) is 0 Å². The van der Waals surface area contributed by atoms with Crippen LogP contribution in [0.15, 0.2) is 18.2 Å². The molecule has 0 aromatic heterocycles. The van der Waals surface area contributed by atoms with E-state index in [2.05, 4.69) is 4.74 Å². The number of methoxy groups -OCH3 is 1. The molecule has 1 atom stereocenters. The minimum absolute atomic E-state index is 0.197. The van der Waals surface area contributed by atoms with Crippen molar-refractivity contribution in [2.45, 2.75) is 19.1 Å². The maximum Gasteiger partial charge on any atom is 0.419 e. The zero-order valence-electron chi connectivity index (χ0n) is 8.43. The van der Waals surface area contributed by atoms with Gasteiger partial charge < -0.3 is 10.5 Å². The predicted molar refractivity (Wildman–Crippen MR) is 50.6 cm³/mol. The van der Waals surface area contributed by atoms with Crippen LogP contribution in [0.5, 0.6) is 5.75 Å². The summed E-state index contributed by atoms with van der Waals surface area (Å²) in [6, 6.07) is 3.34. The van der Waals surface area contributed by atoms with Gasteiger partial charge >= 0.3 is 6.18 Å². The van der Waals surface area contributed by atoms with Crippen LogP contribution in [0.1, 0.15) is 24.1 Å². The summed E-state index contributed by atoms with van der Waals surface area (Å²) in [5.41, 5.74) is 5.39. The summed E-state index contributed by atoms with van der Waals surface area (Å²) in [4.78, 5) is 0. The van der Waals surface area contributed by atoms with Crippen molar-refractivity contribution >= 4 is 0 Å². The first-order chi connectivity index (χ1) is 6.86. The van der Waals surface area contributed by atoms with E-state index in [0.717, 1.165) is 6.07 Å². The first-order valence-corrected chi connectivity index (χ1v) is 4.37. The summed E-state index contributed by atoms with van der Waals surface area (Å²) in [5.74, 6) is -0.197. The first kappa shape index (κ1) is 11.8. The van der Waals surface area contributed by atoms with E-state index in [4.69, 9.17) is 5.73 Å². The molecular formula is C10H12F3NO. The number of rotatable bonds is 2. The van der Waals surface area contributed by atoms with Crippen molar-refractivity contribution in [1.82, 2.24) is 0 Å². The Bertz CT molecular complexity index is 347. The second kappa shape index (κ2) is 4.10. The van der Waals surface area contributed by atoms with Crippen molar-refractivity contribution in [1.29, 1.82) is 0 Å². The minimum Gasteiger partial charge on any atom is -0.496 e. The van der Waals surface area contributed by atoms with Gasteiger partial charge in [-0.1, -0.05) is 6.07 Å². The van der Waals surface area contributed by atoms with Gasteiger partial charge in [-0.2, -0.15) is 13.2 Å². The Labute approximate surface area is 85.8 Å². The molecule has 0 amide bonds. The quantitative estimate of drug-likeness (QED) is 0.830. The molecule has 0 aliphatic heterocycles. The van der Waals surface area contributed by atoms with Crippen LogP contribution in [0.2, 0.25) is 0 Å². The minimum atomic E-state index is -4.40. The molecule has 2 N–H and O–H groups in total. The SMILES string of the molecule is COc1cc(C(C)N)ccc1C(F)(F)F. The summed E-state index contributed by atoms with van der Waals surface area (Å²) in [7, 11) is 1.20. The van der Waals surface area contributed by atoms with Crippen LogP contribution >= 0.6 is 0 Å². The zero-order valence-corrected chi connectivity index (χ0v) is 8.43. The molecule has 2 nitrogen and oxygen atoms in total. The molecule has 0 aliphatic rings. The van der Waals surface area contributed by atoms with Gasteiger partial charge in [0.1, 0.15) is 5.75 Å². The number of alkyl halides is 3. The van der Waals surface area contributed by atoms with Crippen LogP contribution in [-0.4, -0.2) is 7.11 Å². The van der Waals surface area contributed by atoms with E-state index in [1.165, 1.54) is 19.2 Å². The van der Waals surface area contributed by atoms with Gasteiger partial charge in [0.15, 0.2) is 0 Å². The van der Waals surface area contributed by atoms with E-state index in [1.54, 1.807) is 6.92 Å². The monoisotopic (exact) mass is 219 g/mol. The van der Waals surface area contributed by atoms with Crippen molar-refractivity contribution in [3.8, 4) is 5.75 Å². The Hall–Kier alpha value is -1.23. The summed E-state index contributed by atoms with van der Waals surface area (Å²) in [6.45, 7) is 1.70. The zero-order chi connectivity index (χ0) is 11.6. The van der Waals surface area contributed by atoms with Gasteiger partial charge in [0.2, 0.25) is 0 Å². The number of benzene rings is 1. The van der Waals surface area contributed by atoms with Crippen molar-refractivity contribution in [2.24, 2.45) is 5.73 Å². The summed E-state index contributed by atoms with van der Waals surface area (Å²) < 4.78 is 42.1. The Balaban J connectivity index is 3.21. The fourth-order valence-electron chi connectivity index (χ4n) is 1.23. The molecule has 0 spiro atoms. The highest BCUT2D eigenvalue weighted by molar-refractivity contribution is 5.40. The van der Waals surface area contributed by atoms with Crippen molar-refractivity contribution in [3.05, 3.63) is 29.3 Å². The van der Waals surface area contributed by atoms with E-state index in [-0.39, 0.29) is 11.8 Å². The molecule has 0 radical (unpaired) electrons. The third-order valence-electron chi connectivity index (χ3n) is 2.06. The third-order valence-corrected chi connectivity index (χ3v) is 2.06. The van der Waals surface area contributed by atoms with Gasteiger partial charge in [-0.15, -0.1) is 0 Å². The topological polar surface area (TPSA) is 35.2 Å². The fourth-order valence-corrected chi connectivity index (χ4v) is 1.23. The van der Waals surface area contributed by atoms with Gasteiger partial charge in [-0.05, 0) is 24.6 Å². The predicted octanol–water partition coefficient (Wildman–Crippen LogP) is 2.73. The van der Waals surface area contributed by atoms with Crippen molar-refractivity contribution in [3.63, 3.8) is 0 Å². The molecule has 1 aromatic rings. The molecular weight excluding hydrogens is 207 g/mol. The lowest BCUT2D eigenvalue weighted by atomic mass is 10.1. The van der Waals surface area contributed by atoms with Gasteiger partial charge in [0.05, 0.1) is 12.7 Å². The van der Waals surface area contributed by atoms with Crippen molar-refractivity contribution < 1.29 is 17.9 Å². The molecule has 0 saturated carbocycles. The van der Waals surface area contributed by atoms with Crippen molar-refractivity contribution in [2.75, 3.05) is 7.11 Å². The summed E-state index contributed by atoms with van der Waals surface area (Å²) in [6.07, 6.45) is -4.40. The number of halogens is 3. The number of ether oxygens (including phenoxy) is 1. The summed E-state index contributed by atoms with van der Waals surface area (Å²) in [5, 5.41) is 0. The van der Waals surface area contributed by atoms with Crippen LogP contribution in [0, 0.1) is 0 Å². The van der Waals surface area contributed by atoms with Gasteiger partial charge in [-0.25, -0.2) is 0 Å². The van der Waals surface area contributed by atoms with Crippen LogP contribution in [0.4, 0.5) is 13.2 Å². The first-order valence-electron chi connectivity index (χ1n) is 4.37. The van der Waals surface area contributed by atoms with E-state index < -0.39 is 11.7 Å². The third kappa shape index (κ3) is 2.62. The molecule has 0 saturated heterocycles. The normalized spacial score (nSPS) is 13.7.